The molecule has 1 atom stereocenters. The number of likely N-dealkylation sites (N-methyl/N-ethyl adjacent to an activating group) is 1. The standard InChI is InChI=1S/C24H41N3O2/c1-25(2)21-12-14-27(15-13-21)17-20-8-7-11-24(16-20)29-19-23(28)18-26(3)22-9-5-4-6-10-22/h7-8,11,16,21-23,28H,4-6,9-10,12-15,17-19H2,1-3H3. The highest BCUT2D eigenvalue weighted by Crippen LogP contribution is 2.22. The molecule has 29 heavy (non-hydrogen) atoms. The van der Waals surface area contributed by atoms with Crippen molar-refractivity contribution in [3.05, 3.63) is 29.8 Å². The predicted octanol–water partition coefficient (Wildman–Crippen LogP) is 3.22. The Kier molecular flexibility index (Phi) is 8.79. The molecule has 2 aliphatic rings. The summed E-state index contributed by atoms with van der Waals surface area (Å²) in [5.41, 5.74) is 1.29. The molecule has 1 unspecified atom stereocenters. The second kappa shape index (κ2) is 11.3. The minimum Gasteiger partial charge on any atom is -0.491 e. The Morgan fingerprint density at radius 1 is 1.03 bits per heavy atom. The Labute approximate surface area is 177 Å². The van der Waals surface area contributed by atoms with Crippen molar-refractivity contribution < 1.29 is 9.84 Å². The molecule has 1 N–H and O–H groups in total. The molecule has 2 fully saturated rings. The van der Waals surface area contributed by atoms with Crippen molar-refractivity contribution >= 4 is 0 Å². The molecule has 0 radical (unpaired) electrons. The van der Waals surface area contributed by atoms with Gasteiger partial charge in [0.05, 0.1) is 0 Å². The average molecular weight is 404 g/mol. The summed E-state index contributed by atoms with van der Waals surface area (Å²) in [5, 5.41) is 10.4. The molecule has 5 nitrogen and oxygen atoms in total. The maximum Gasteiger partial charge on any atom is 0.119 e. The third-order valence-electron chi connectivity index (χ3n) is 6.73. The van der Waals surface area contributed by atoms with Crippen molar-refractivity contribution in [2.75, 3.05) is 47.4 Å². The van der Waals surface area contributed by atoms with E-state index in [1.165, 1.54) is 50.5 Å². The number of likely N-dealkylation sites (tertiary alicyclic amines) is 1. The van der Waals surface area contributed by atoms with Crippen molar-refractivity contribution in [2.24, 2.45) is 0 Å². The quantitative estimate of drug-likeness (QED) is 0.685. The van der Waals surface area contributed by atoms with Crippen LogP contribution in [-0.2, 0) is 6.54 Å². The fourth-order valence-electron chi connectivity index (χ4n) is 4.83. The zero-order valence-electron chi connectivity index (χ0n) is 18.7. The zero-order valence-corrected chi connectivity index (χ0v) is 18.7. The van der Waals surface area contributed by atoms with E-state index in [0.29, 0.717) is 25.2 Å². The van der Waals surface area contributed by atoms with Crippen LogP contribution in [0, 0.1) is 0 Å². The number of aliphatic hydroxyl groups is 1. The lowest BCUT2D eigenvalue weighted by molar-refractivity contribution is 0.0561. The number of rotatable bonds is 9. The van der Waals surface area contributed by atoms with E-state index in [1.54, 1.807) is 0 Å². The van der Waals surface area contributed by atoms with E-state index in [9.17, 15) is 5.11 Å². The van der Waals surface area contributed by atoms with Crippen LogP contribution in [0.1, 0.15) is 50.5 Å². The van der Waals surface area contributed by atoms with Crippen molar-refractivity contribution in [1.29, 1.82) is 0 Å². The number of nitrogens with zero attached hydrogens (tertiary/aromatic N) is 3. The molecular weight excluding hydrogens is 362 g/mol. The molecule has 1 aliphatic carbocycles. The summed E-state index contributed by atoms with van der Waals surface area (Å²) in [6.45, 7) is 4.32. The lowest BCUT2D eigenvalue weighted by Gasteiger charge is -2.35. The average Bonchev–Trinajstić information content (AvgIpc) is 2.73. The predicted molar refractivity (Wildman–Crippen MR) is 119 cm³/mol. The number of piperidine rings is 1. The van der Waals surface area contributed by atoms with E-state index in [0.717, 1.165) is 25.4 Å². The summed E-state index contributed by atoms with van der Waals surface area (Å²) in [6, 6.07) is 9.72. The molecule has 1 saturated carbocycles. The van der Waals surface area contributed by atoms with Gasteiger partial charge < -0.3 is 19.6 Å². The molecule has 1 aromatic rings. The van der Waals surface area contributed by atoms with Gasteiger partial charge in [0.15, 0.2) is 0 Å². The summed E-state index contributed by atoms with van der Waals surface area (Å²) in [5.74, 6) is 0.866. The van der Waals surface area contributed by atoms with Gasteiger partial charge in [0.2, 0.25) is 0 Å². The van der Waals surface area contributed by atoms with Crippen LogP contribution in [0.15, 0.2) is 24.3 Å². The maximum absolute atomic E-state index is 10.4. The van der Waals surface area contributed by atoms with Gasteiger partial charge >= 0.3 is 0 Å². The molecule has 0 aromatic heterocycles. The zero-order chi connectivity index (χ0) is 20.6. The van der Waals surface area contributed by atoms with E-state index in [2.05, 4.69) is 54.0 Å². The fourth-order valence-corrected chi connectivity index (χ4v) is 4.83. The van der Waals surface area contributed by atoms with E-state index < -0.39 is 6.10 Å². The largest absolute Gasteiger partial charge is 0.491 e. The Morgan fingerprint density at radius 2 is 1.76 bits per heavy atom. The van der Waals surface area contributed by atoms with Gasteiger partial charge in [0.25, 0.3) is 0 Å². The number of hydrogen-bond donors (Lipinski definition) is 1. The number of hydrogen-bond acceptors (Lipinski definition) is 5. The van der Waals surface area contributed by atoms with Crippen molar-refractivity contribution in [1.82, 2.24) is 14.7 Å². The second-order valence-corrected chi connectivity index (χ2v) is 9.31. The van der Waals surface area contributed by atoms with Crippen LogP contribution in [-0.4, -0.2) is 85.4 Å². The first-order valence-electron chi connectivity index (χ1n) is 11.5. The highest BCUT2D eigenvalue weighted by Gasteiger charge is 2.21. The minimum atomic E-state index is -0.448. The van der Waals surface area contributed by atoms with E-state index >= 15 is 0 Å². The van der Waals surface area contributed by atoms with Gasteiger partial charge in [0.1, 0.15) is 18.5 Å². The Balaban J connectivity index is 1.41. The lowest BCUT2D eigenvalue weighted by Crippen LogP contribution is -2.41. The highest BCUT2D eigenvalue weighted by molar-refractivity contribution is 5.28. The van der Waals surface area contributed by atoms with Gasteiger partial charge in [-0.15, -0.1) is 0 Å². The summed E-state index contributed by atoms with van der Waals surface area (Å²) in [6.07, 6.45) is 8.56. The molecule has 1 aromatic carbocycles. The van der Waals surface area contributed by atoms with Gasteiger partial charge in [0, 0.05) is 25.2 Å². The Hall–Kier alpha value is -1.14. The van der Waals surface area contributed by atoms with Crippen LogP contribution in [0.3, 0.4) is 0 Å². The molecule has 0 bridgehead atoms. The molecule has 5 heteroatoms. The van der Waals surface area contributed by atoms with Crippen LogP contribution in [0.2, 0.25) is 0 Å². The van der Waals surface area contributed by atoms with Crippen LogP contribution in [0.4, 0.5) is 0 Å². The van der Waals surface area contributed by atoms with Crippen LogP contribution < -0.4 is 4.74 Å². The molecule has 0 spiro atoms. The summed E-state index contributed by atoms with van der Waals surface area (Å²) >= 11 is 0. The first kappa shape index (κ1) is 22.5. The van der Waals surface area contributed by atoms with Crippen molar-refractivity contribution in [3.63, 3.8) is 0 Å². The van der Waals surface area contributed by atoms with Gasteiger partial charge in [-0.3, -0.25) is 4.90 Å². The van der Waals surface area contributed by atoms with Crippen LogP contribution in [0.5, 0.6) is 5.75 Å². The van der Waals surface area contributed by atoms with E-state index in [4.69, 9.17) is 4.74 Å². The number of aliphatic hydroxyl groups excluding tert-OH is 1. The molecule has 0 amide bonds. The third kappa shape index (κ3) is 7.25. The first-order valence-corrected chi connectivity index (χ1v) is 11.5. The molecular formula is C24H41N3O2. The summed E-state index contributed by atoms with van der Waals surface area (Å²) < 4.78 is 5.93. The monoisotopic (exact) mass is 403 g/mol. The first-order chi connectivity index (χ1) is 14.0. The van der Waals surface area contributed by atoms with Crippen molar-refractivity contribution in [3.8, 4) is 5.75 Å². The number of benzene rings is 1. The van der Waals surface area contributed by atoms with Crippen LogP contribution in [0.25, 0.3) is 0 Å². The van der Waals surface area contributed by atoms with Gasteiger partial charge in [-0.1, -0.05) is 31.4 Å². The van der Waals surface area contributed by atoms with Crippen LogP contribution >= 0.6 is 0 Å². The number of ether oxygens (including phenoxy) is 1. The topological polar surface area (TPSA) is 39.2 Å². The van der Waals surface area contributed by atoms with Gasteiger partial charge in [-0.25, -0.2) is 0 Å². The lowest BCUT2D eigenvalue weighted by atomic mass is 9.94. The van der Waals surface area contributed by atoms with E-state index in [-0.39, 0.29) is 0 Å². The summed E-state index contributed by atoms with van der Waals surface area (Å²) in [4.78, 5) is 7.21. The Morgan fingerprint density at radius 3 is 2.45 bits per heavy atom. The fraction of sp³-hybridized carbons (Fsp3) is 0.750. The van der Waals surface area contributed by atoms with Gasteiger partial charge in [-0.2, -0.15) is 0 Å². The van der Waals surface area contributed by atoms with Gasteiger partial charge in [-0.05, 0) is 77.6 Å². The highest BCUT2D eigenvalue weighted by atomic mass is 16.5. The molecule has 1 aliphatic heterocycles. The minimum absolute atomic E-state index is 0.356. The molecule has 3 rings (SSSR count). The second-order valence-electron chi connectivity index (χ2n) is 9.31. The summed E-state index contributed by atoms with van der Waals surface area (Å²) in [7, 11) is 6.50. The Bertz CT molecular complexity index is 596. The smallest absolute Gasteiger partial charge is 0.119 e. The SMILES string of the molecule is CN(C)C1CCN(Cc2cccc(OCC(O)CN(C)C3CCCCC3)c2)CC1. The molecule has 164 valence electrons. The molecule has 1 saturated heterocycles. The normalized spacial score (nSPS) is 21.0. The van der Waals surface area contributed by atoms with Crippen molar-refractivity contribution in [2.45, 2.75) is 69.7 Å². The van der Waals surface area contributed by atoms with E-state index in [1.807, 2.05) is 6.07 Å². The maximum atomic E-state index is 10.4. The molecule has 1 heterocycles. The third-order valence-corrected chi connectivity index (χ3v) is 6.73.